The first-order valence-electron chi connectivity index (χ1n) is 13.5. The van der Waals surface area contributed by atoms with Crippen molar-refractivity contribution < 1.29 is 4.79 Å². The lowest BCUT2D eigenvalue weighted by atomic mass is 9.99. The molecule has 0 radical (unpaired) electrons. The van der Waals surface area contributed by atoms with Crippen LogP contribution in [0.1, 0.15) is 50.3 Å². The summed E-state index contributed by atoms with van der Waals surface area (Å²) in [5.74, 6) is 6.76. The Labute approximate surface area is 248 Å². The topological polar surface area (TPSA) is 68.2 Å². The minimum atomic E-state index is -0.146. The third-order valence-corrected chi connectivity index (χ3v) is 7.09. The van der Waals surface area contributed by atoms with Crippen LogP contribution in [0.4, 0.5) is 5.69 Å². The van der Waals surface area contributed by atoms with Crippen LogP contribution in [-0.4, -0.2) is 37.5 Å². The van der Waals surface area contributed by atoms with E-state index in [1.807, 2.05) is 61.3 Å². The van der Waals surface area contributed by atoms with Crippen LogP contribution in [0.3, 0.4) is 0 Å². The van der Waals surface area contributed by atoms with Crippen LogP contribution >= 0.6 is 23.2 Å². The molecule has 2 N–H and O–H groups in total. The monoisotopic (exact) mass is 574 g/mol. The van der Waals surface area contributed by atoms with Crippen LogP contribution in [0, 0.1) is 29.1 Å². The van der Waals surface area contributed by atoms with Gasteiger partial charge in [-0.3, -0.25) is 9.69 Å². The third-order valence-electron chi connectivity index (χ3n) is 6.65. The van der Waals surface area contributed by atoms with Gasteiger partial charge in [0.05, 0.1) is 18.2 Å². The predicted molar refractivity (Wildman–Crippen MR) is 166 cm³/mol. The number of amides is 1. The number of likely N-dealkylation sites (N-methyl/N-ethyl adjacent to an activating group) is 1. The zero-order valence-electron chi connectivity index (χ0n) is 23.3. The lowest BCUT2D eigenvalue weighted by Gasteiger charge is -2.24. The Bertz CT molecular complexity index is 1350. The summed E-state index contributed by atoms with van der Waals surface area (Å²) in [5, 5.41) is 16.2. The lowest BCUT2D eigenvalue weighted by molar-refractivity contribution is -0.117. The molecule has 1 fully saturated rings. The Morgan fingerprint density at radius 3 is 2.38 bits per heavy atom. The van der Waals surface area contributed by atoms with Crippen LogP contribution in [0.2, 0.25) is 10.0 Å². The zero-order valence-corrected chi connectivity index (χ0v) is 24.8. The normalized spacial score (nSPS) is 12.8. The van der Waals surface area contributed by atoms with Crippen molar-refractivity contribution >= 4 is 34.8 Å². The molecule has 5 nitrogen and oxygen atoms in total. The number of benzene rings is 3. The smallest absolute Gasteiger partial charge is 0.238 e. The van der Waals surface area contributed by atoms with E-state index in [0.717, 1.165) is 35.6 Å². The van der Waals surface area contributed by atoms with Crippen molar-refractivity contribution in [1.29, 1.82) is 5.26 Å². The van der Waals surface area contributed by atoms with Crippen LogP contribution < -0.4 is 10.6 Å². The molecular weight excluding hydrogens is 539 g/mol. The molecular formula is C33H36Cl2N4O. The second kappa shape index (κ2) is 16.1. The summed E-state index contributed by atoms with van der Waals surface area (Å²) in [7, 11) is 1.90. The molecule has 0 aromatic heterocycles. The quantitative estimate of drug-likeness (QED) is 0.193. The Morgan fingerprint density at radius 2 is 1.75 bits per heavy atom. The van der Waals surface area contributed by atoms with Crippen molar-refractivity contribution in [3.63, 3.8) is 0 Å². The van der Waals surface area contributed by atoms with E-state index in [1.54, 1.807) is 24.3 Å². The number of halogens is 2. The van der Waals surface area contributed by atoms with Gasteiger partial charge in [-0.25, -0.2) is 0 Å². The minimum absolute atomic E-state index is 0.0400. The van der Waals surface area contributed by atoms with Gasteiger partial charge in [-0.15, -0.1) is 11.8 Å². The van der Waals surface area contributed by atoms with E-state index < -0.39 is 0 Å². The van der Waals surface area contributed by atoms with Gasteiger partial charge in [0.1, 0.15) is 0 Å². The number of carbonyl (C=O) groups excluding carboxylic acids is 1. The summed E-state index contributed by atoms with van der Waals surface area (Å²) in [4.78, 5) is 14.4. The van der Waals surface area contributed by atoms with E-state index in [1.165, 1.54) is 19.4 Å². The summed E-state index contributed by atoms with van der Waals surface area (Å²) < 4.78 is 0. The first-order valence-corrected chi connectivity index (χ1v) is 14.2. The Kier molecular flexibility index (Phi) is 12.5. The van der Waals surface area contributed by atoms with Crippen molar-refractivity contribution in [1.82, 2.24) is 10.2 Å². The molecule has 3 aromatic carbocycles. The van der Waals surface area contributed by atoms with Gasteiger partial charge in [0.25, 0.3) is 0 Å². The highest BCUT2D eigenvalue weighted by Gasteiger charge is 2.19. The fraction of sp³-hybridized carbons (Fsp3) is 0.333. The van der Waals surface area contributed by atoms with E-state index in [-0.39, 0.29) is 18.5 Å². The average molecular weight is 576 g/mol. The molecule has 7 heteroatoms. The van der Waals surface area contributed by atoms with Gasteiger partial charge < -0.3 is 10.6 Å². The largest absolute Gasteiger partial charge is 0.325 e. The van der Waals surface area contributed by atoms with E-state index in [4.69, 9.17) is 28.5 Å². The van der Waals surface area contributed by atoms with E-state index in [0.29, 0.717) is 21.3 Å². The van der Waals surface area contributed by atoms with Crippen LogP contribution in [0.25, 0.3) is 11.1 Å². The van der Waals surface area contributed by atoms with Crippen LogP contribution in [-0.2, 0) is 4.79 Å². The van der Waals surface area contributed by atoms with Crippen LogP contribution in [0.15, 0.2) is 66.7 Å². The summed E-state index contributed by atoms with van der Waals surface area (Å²) in [6.45, 7) is 6.44. The van der Waals surface area contributed by atoms with Gasteiger partial charge in [0.15, 0.2) is 0 Å². The van der Waals surface area contributed by atoms with Gasteiger partial charge in [0, 0.05) is 34.7 Å². The molecule has 1 unspecified atom stereocenters. The Morgan fingerprint density at radius 1 is 1.05 bits per heavy atom. The van der Waals surface area contributed by atoms with Gasteiger partial charge in [-0.05, 0) is 93.2 Å². The fourth-order valence-electron chi connectivity index (χ4n) is 4.07. The molecule has 0 spiro atoms. The molecule has 0 bridgehead atoms. The molecule has 1 aliphatic rings. The second-order valence-electron chi connectivity index (χ2n) is 9.94. The summed E-state index contributed by atoms with van der Waals surface area (Å²) in [6.07, 6.45) is 3.88. The summed E-state index contributed by atoms with van der Waals surface area (Å²) >= 11 is 12.0. The van der Waals surface area contributed by atoms with Gasteiger partial charge >= 0.3 is 0 Å². The summed E-state index contributed by atoms with van der Waals surface area (Å²) in [5.41, 5.74) is 4.35. The highest BCUT2D eigenvalue weighted by Crippen LogP contribution is 2.27. The van der Waals surface area contributed by atoms with Gasteiger partial charge in [0.2, 0.25) is 5.91 Å². The number of hydrogen-bond donors (Lipinski definition) is 2. The van der Waals surface area contributed by atoms with Gasteiger partial charge in [-0.2, -0.15) is 5.26 Å². The Balaban J connectivity index is 0.000000371. The standard InChI is InChI=1S/C24H21Cl2N3O.C9H15N/c1-16(29(2)15-24(30)28-23-12-21(25)11-22(26)13-23)18-6-8-19(9-7-18)20-5-3-4-17(10-20)14-27;1-2-3-4-7-10-8-9-5-6-9/h3-13,16H,15H2,1-2H3,(H,28,30);9-10H,4-8H2,1H3. The maximum Gasteiger partial charge on any atom is 0.238 e. The number of hydrogen-bond acceptors (Lipinski definition) is 4. The maximum atomic E-state index is 12.4. The molecule has 1 amide bonds. The maximum absolute atomic E-state index is 12.4. The molecule has 0 saturated heterocycles. The predicted octanol–water partition coefficient (Wildman–Crippen LogP) is 7.56. The van der Waals surface area contributed by atoms with E-state index in [2.05, 4.69) is 35.5 Å². The molecule has 4 rings (SSSR count). The second-order valence-corrected chi connectivity index (χ2v) is 10.8. The average Bonchev–Trinajstić information content (AvgIpc) is 3.77. The van der Waals surface area contributed by atoms with Crippen molar-refractivity contribution in [2.45, 2.75) is 39.2 Å². The first-order chi connectivity index (χ1) is 19.3. The molecule has 1 aliphatic carbocycles. The SMILES string of the molecule is CC#CCCNCC1CC1.CC(c1ccc(-c2cccc(C#N)c2)cc1)N(C)CC(=O)Nc1cc(Cl)cc(Cl)c1. The van der Waals surface area contributed by atoms with Crippen molar-refractivity contribution in [3.8, 4) is 29.0 Å². The summed E-state index contributed by atoms with van der Waals surface area (Å²) in [6, 6.07) is 22.8. The van der Waals surface area contributed by atoms with Crippen molar-refractivity contribution in [2.24, 2.45) is 5.92 Å². The van der Waals surface area contributed by atoms with Crippen molar-refractivity contribution in [2.75, 3.05) is 32.0 Å². The number of nitriles is 1. The fourth-order valence-corrected chi connectivity index (χ4v) is 4.60. The molecule has 0 aliphatic heterocycles. The molecule has 208 valence electrons. The Hall–Kier alpha value is -3.32. The van der Waals surface area contributed by atoms with Crippen molar-refractivity contribution in [3.05, 3.63) is 87.9 Å². The van der Waals surface area contributed by atoms with E-state index in [9.17, 15) is 4.79 Å². The van der Waals surface area contributed by atoms with E-state index >= 15 is 0 Å². The highest BCUT2D eigenvalue weighted by molar-refractivity contribution is 6.35. The lowest BCUT2D eigenvalue weighted by Crippen LogP contribution is -2.32. The first kappa shape index (κ1) is 31.2. The number of anilines is 1. The molecule has 1 saturated carbocycles. The van der Waals surface area contributed by atoms with Gasteiger partial charge in [-0.1, -0.05) is 59.6 Å². The van der Waals surface area contributed by atoms with Crippen LogP contribution in [0.5, 0.6) is 0 Å². The third kappa shape index (κ3) is 10.7. The minimum Gasteiger partial charge on any atom is -0.325 e. The number of rotatable bonds is 10. The molecule has 3 aromatic rings. The molecule has 40 heavy (non-hydrogen) atoms. The number of nitrogens with one attached hydrogen (secondary N) is 2. The molecule has 1 atom stereocenters. The zero-order chi connectivity index (χ0) is 28.9. The highest BCUT2D eigenvalue weighted by atomic mass is 35.5. The molecule has 0 heterocycles. The number of carbonyl (C=O) groups is 1. The number of nitrogens with zero attached hydrogens (tertiary/aromatic N) is 2.